The third-order valence-electron chi connectivity index (χ3n) is 5.24. The lowest BCUT2D eigenvalue weighted by Crippen LogP contribution is -2.39. The van der Waals surface area contributed by atoms with Crippen LogP contribution in [0.3, 0.4) is 0 Å². The van der Waals surface area contributed by atoms with E-state index in [0.29, 0.717) is 18.6 Å². The Bertz CT molecular complexity index is 758. The number of ether oxygens (including phenoxy) is 2. The maximum atomic E-state index is 11.3. The van der Waals surface area contributed by atoms with Crippen molar-refractivity contribution in [1.29, 1.82) is 0 Å². The van der Waals surface area contributed by atoms with Crippen LogP contribution in [0.4, 0.5) is 0 Å². The Labute approximate surface area is 159 Å². The molecule has 0 spiro atoms. The second-order valence-electron chi connectivity index (χ2n) is 6.77. The molecule has 0 amide bonds. The topological polar surface area (TPSA) is 71.9 Å². The predicted octanol–water partition coefficient (Wildman–Crippen LogP) is 3.18. The summed E-state index contributed by atoms with van der Waals surface area (Å²) in [6.07, 6.45) is 3.83. The van der Waals surface area contributed by atoms with Gasteiger partial charge in [0.25, 0.3) is 0 Å². The number of hydrogen-bond donors (Lipinski definition) is 1. The van der Waals surface area contributed by atoms with Crippen molar-refractivity contribution in [2.75, 3.05) is 27.3 Å². The minimum absolute atomic E-state index is 0.0414. The summed E-state index contributed by atoms with van der Waals surface area (Å²) in [7, 11) is 3.28. The Kier molecular flexibility index (Phi) is 6.29. The van der Waals surface area contributed by atoms with Crippen molar-refractivity contribution in [1.82, 2.24) is 9.88 Å². The van der Waals surface area contributed by atoms with Crippen molar-refractivity contribution in [3.8, 4) is 11.5 Å². The molecule has 6 nitrogen and oxygen atoms in total. The summed E-state index contributed by atoms with van der Waals surface area (Å²) in [5.41, 5.74) is 2.03. The van der Waals surface area contributed by atoms with Gasteiger partial charge in [0.2, 0.25) is 0 Å². The lowest BCUT2D eigenvalue weighted by molar-refractivity contribution is -0.143. The van der Waals surface area contributed by atoms with Crippen molar-refractivity contribution in [2.45, 2.75) is 25.3 Å². The Hall–Kier alpha value is -2.60. The molecule has 27 heavy (non-hydrogen) atoms. The fourth-order valence-corrected chi connectivity index (χ4v) is 3.79. The number of hydrogen-bond acceptors (Lipinski definition) is 5. The van der Waals surface area contributed by atoms with E-state index >= 15 is 0 Å². The Balaban J connectivity index is 1.92. The van der Waals surface area contributed by atoms with Gasteiger partial charge in [0.05, 0.1) is 20.1 Å². The van der Waals surface area contributed by atoms with Gasteiger partial charge in [-0.2, -0.15) is 0 Å². The quantitative estimate of drug-likeness (QED) is 0.807. The number of carbonyl (C=O) groups is 1. The number of pyridine rings is 1. The van der Waals surface area contributed by atoms with Gasteiger partial charge in [-0.1, -0.05) is 18.2 Å². The van der Waals surface area contributed by atoms with Gasteiger partial charge in [-0.25, -0.2) is 0 Å². The minimum atomic E-state index is -0.699. The zero-order valence-corrected chi connectivity index (χ0v) is 15.8. The number of para-hydroxylation sites is 1. The molecular weight excluding hydrogens is 344 g/mol. The molecule has 1 N–H and O–H groups in total. The molecule has 1 atom stereocenters. The average Bonchev–Trinajstić information content (AvgIpc) is 2.72. The van der Waals surface area contributed by atoms with E-state index < -0.39 is 5.97 Å². The van der Waals surface area contributed by atoms with Crippen LogP contribution < -0.4 is 9.47 Å². The van der Waals surface area contributed by atoms with E-state index in [0.717, 1.165) is 36.5 Å². The summed E-state index contributed by atoms with van der Waals surface area (Å²) in [4.78, 5) is 18.1. The number of methoxy groups -OCH3 is 2. The van der Waals surface area contributed by atoms with Crippen LogP contribution in [0.2, 0.25) is 0 Å². The highest BCUT2D eigenvalue weighted by atomic mass is 16.5. The second-order valence-corrected chi connectivity index (χ2v) is 6.77. The zero-order chi connectivity index (χ0) is 19.2. The van der Waals surface area contributed by atoms with E-state index in [1.807, 2.05) is 30.3 Å². The van der Waals surface area contributed by atoms with E-state index in [1.54, 1.807) is 20.4 Å². The Morgan fingerprint density at radius 2 is 1.96 bits per heavy atom. The molecule has 144 valence electrons. The molecule has 1 aromatic carbocycles. The highest BCUT2D eigenvalue weighted by Gasteiger charge is 2.31. The number of aromatic nitrogens is 1. The van der Waals surface area contributed by atoms with Crippen LogP contribution in [0.25, 0.3) is 0 Å². The molecule has 1 fully saturated rings. The number of nitrogens with zero attached hydrogens (tertiary/aromatic N) is 2. The Morgan fingerprint density at radius 1 is 1.19 bits per heavy atom. The van der Waals surface area contributed by atoms with Gasteiger partial charge < -0.3 is 14.6 Å². The number of piperidine rings is 1. The van der Waals surface area contributed by atoms with Gasteiger partial charge in [-0.15, -0.1) is 0 Å². The molecule has 1 aliphatic rings. The van der Waals surface area contributed by atoms with Crippen LogP contribution in [0.5, 0.6) is 11.5 Å². The predicted molar refractivity (Wildman–Crippen MR) is 102 cm³/mol. The maximum absolute atomic E-state index is 11.3. The molecule has 1 saturated heterocycles. The van der Waals surface area contributed by atoms with E-state index in [2.05, 4.69) is 16.0 Å². The molecule has 1 aliphatic heterocycles. The van der Waals surface area contributed by atoms with Crippen LogP contribution >= 0.6 is 0 Å². The number of carboxylic acid groups (broad SMARTS) is 1. The number of carboxylic acids is 1. The molecule has 0 saturated carbocycles. The van der Waals surface area contributed by atoms with Crippen molar-refractivity contribution in [3.05, 3.63) is 53.9 Å². The molecule has 0 aliphatic carbocycles. The fourth-order valence-electron chi connectivity index (χ4n) is 3.79. The molecule has 1 aromatic heterocycles. The number of rotatable bonds is 7. The molecule has 2 aromatic rings. The van der Waals surface area contributed by atoms with Crippen LogP contribution in [0, 0.1) is 5.92 Å². The highest BCUT2D eigenvalue weighted by molar-refractivity contribution is 5.70. The molecule has 0 bridgehead atoms. The number of benzene rings is 1. The first-order valence-corrected chi connectivity index (χ1v) is 9.21. The summed E-state index contributed by atoms with van der Waals surface area (Å²) < 4.78 is 11.1. The first kappa shape index (κ1) is 19.2. The van der Waals surface area contributed by atoms with E-state index in [-0.39, 0.29) is 12.0 Å². The minimum Gasteiger partial charge on any atom is -0.493 e. The van der Waals surface area contributed by atoms with E-state index in [9.17, 15) is 9.90 Å². The molecule has 3 rings (SSSR count). The molecular formula is C21H26N2O4. The second kappa shape index (κ2) is 8.86. The Morgan fingerprint density at radius 3 is 2.56 bits per heavy atom. The largest absolute Gasteiger partial charge is 0.493 e. The van der Waals surface area contributed by atoms with Gasteiger partial charge in [0.1, 0.15) is 0 Å². The van der Waals surface area contributed by atoms with Crippen LogP contribution in [0.1, 0.15) is 30.1 Å². The van der Waals surface area contributed by atoms with Gasteiger partial charge in [0, 0.05) is 29.9 Å². The van der Waals surface area contributed by atoms with Crippen molar-refractivity contribution < 1.29 is 19.4 Å². The standard InChI is InChI=1S/C21H26N2O4/c1-26-19-8-5-7-17(20(19)27-2)18(14-16-6-3-4-11-22-16)23-12-9-15(10-13-23)21(24)25/h3-8,11,15,18H,9-10,12-14H2,1-2H3,(H,24,25). The van der Waals surface area contributed by atoms with Gasteiger partial charge in [-0.3, -0.25) is 14.7 Å². The van der Waals surface area contributed by atoms with Gasteiger partial charge >= 0.3 is 5.97 Å². The molecule has 6 heteroatoms. The van der Waals surface area contributed by atoms with E-state index in [1.165, 1.54) is 0 Å². The van der Waals surface area contributed by atoms with Crippen molar-refractivity contribution in [2.24, 2.45) is 5.92 Å². The zero-order valence-electron chi connectivity index (χ0n) is 15.8. The van der Waals surface area contributed by atoms with Crippen LogP contribution in [-0.2, 0) is 11.2 Å². The average molecular weight is 370 g/mol. The molecule has 2 heterocycles. The molecule has 1 unspecified atom stereocenters. The van der Waals surface area contributed by atoms with Gasteiger partial charge in [0.15, 0.2) is 11.5 Å². The first-order chi connectivity index (χ1) is 13.1. The number of aliphatic carboxylic acids is 1. The van der Waals surface area contributed by atoms with Crippen LogP contribution in [0.15, 0.2) is 42.6 Å². The molecule has 0 radical (unpaired) electrons. The van der Waals surface area contributed by atoms with Crippen molar-refractivity contribution >= 4 is 5.97 Å². The first-order valence-electron chi connectivity index (χ1n) is 9.21. The van der Waals surface area contributed by atoms with Gasteiger partial charge in [-0.05, 0) is 44.1 Å². The summed E-state index contributed by atoms with van der Waals surface area (Å²) >= 11 is 0. The SMILES string of the molecule is COc1cccc(C(Cc2ccccn2)N2CCC(C(=O)O)CC2)c1OC. The summed E-state index contributed by atoms with van der Waals surface area (Å²) in [6, 6.07) is 11.9. The third-order valence-corrected chi connectivity index (χ3v) is 5.24. The van der Waals surface area contributed by atoms with Crippen molar-refractivity contribution in [3.63, 3.8) is 0 Å². The smallest absolute Gasteiger partial charge is 0.306 e. The maximum Gasteiger partial charge on any atom is 0.306 e. The summed E-state index contributed by atoms with van der Waals surface area (Å²) in [5.74, 6) is 0.460. The van der Waals surface area contributed by atoms with Crippen LogP contribution in [-0.4, -0.2) is 48.3 Å². The normalized spacial score (nSPS) is 16.7. The fraction of sp³-hybridized carbons (Fsp3) is 0.429. The highest BCUT2D eigenvalue weighted by Crippen LogP contribution is 2.39. The lowest BCUT2D eigenvalue weighted by Gasteiger charge is -2.37. The summed E-state index contributed by atoms with van der Waals surface area (Å²) in [5, 5.41) is 9.30. The summed E-state index contributed by atoms with van der Waals surface area (Å²) in [6.45, 7) is 1.46. The monoisotopic (exact) mass is 370 g/mol. The third kappa shape index (κ3) is 4.39. The lowest BCUT2D eigenvalue weighted by atomic mass is 9.92. The number of likely N-dealkylation sites (tertiary alicyclic amines) is 1. The van der Waals surface area contributed by atoms with E-state index in [4.69, 9.17) is 9.47 Å².